The summed E-state index contributed by atoms with van der Waals surface area (Å²) in [6.45, 7) is 7.81. The average molecular weight is 432 g/mol. The van der Waals surface area contributed by atoms with Crippen molar-refractivity contribution in [2.24, 2.45) is 11.8 Å². The number of nitrogens with zero attached hydrogens (tertiary/aromatic N) is 2. The summed E-state index contributed by atoms with van der Waals surface area (Å²) in [7, 11) is 0. The molecule has 3 aromatic rings. The third kappa shape index (κ3) is 4.72. The first-order chi connectivity index (χ1) is 15.5. The van der Waals surface area contributed by atoms with Crippen molar-refractivity contribution in [1.29, 1.82) is 5.26 Å². The molecule has 0 atom stereocenters. The largest absolute Gasteiger partial charge is 0.494 e. The van der Waals surface area contributed by atoms with Crippen LogP contribution in [0.15, 0.2) is 42.5 Å². The van der Waals surface area contributed by atoms with E-state index >= 15 is 0 Å². The van der Waals surface area contributed by atoms with Gasteiger partial charge in [0.15, 0.2) is 0 Å². The van der Waals surface area contributed by atoms with Crippen molar-refractivity contribution in [3.05, 3.63) is 48.0 Å². The van der Waals surface area contributed by atoms with Gasteiger partial charge < -0.3 is 14.0 Å². The maximum absolute atomic E-state index is 12.0. The zero-order chi connectivity index (χ0) is 22.7. The highest BCUT2D eigenvalue weighted by Gasteiger charge is 2.26. The van der Waals surface area contributed by atoms with E-state index in [4.69, 9.17) is 9.47 Å². The van der Waals surface area contributed by atoms with Crippen LogP contribution in [0.25, 0.3) is 22.2 Å². The molecular formula is C26H29N3O3. The number of ether oxygens (including phenoxy) is 2. The lowest BCUT2D eigenvalue weighted by Gasteiger charge is -2.13. The molecule has 6 heteroatoms. The molecule has 1 aliphatic carbocycles. The van der Waals surface area contributed by atoms with Crippen LogP contribution in [0, 0.1) is 23.2 Å². The van der Waals surface area contributed by atoms with Gasteiger partial charge in [-0.2, -0.15) is 5.26 Å². The molecule has 0 aliphatic heterocycles. The molecule has 1 saturated carbocycles. The minimum absolute atomic E-state index is 0.282. The predicted octanol–water partition coefficient (Wildman–Crippen LogP) is 6.19. The SMILES string of the molecule is CCOc1ccc2c(C#N)c(-c3ccc(NC(=O)OCC(C)C)cc3)n(CC3CC3)c2c1. The summed E-state index contributed by atoms with van der Waals surface area (Å²) in [5, 5.41) is 13.7. The maximum Gasteiger partial charge on any atom is 0.411 e. The van der Waals surface area contributed by atoms with E-state index in [1.807, 2.05) is 63.2 Å². The number of nitrogens with one attached hydrogen (secondary N) is 1. The number of carbonyl (C=O) groups is 1. The van der Waals surface area contributed by atoms with E-state index in [0.717, 1.165) is 34.5 Å². The first kappa shape index (κ1) is 21.8. The van der Waals surface area contributed by atoms with E-state index in [0.29, 0.717) is 30.4 Å². The Kier molecular flexibility index (Phi) is 6.36. The second-order valence-corrected chi connectivity index (χ2v) is 8.70. The molecule has 0 unspecified atom stereocenters. The van der Waals surface area contributed by atoms with E-state index < -0.39 is 6.09 Å². The standard InChI is InChI=1S/C26H29N3O3/c1-4-31-21-11-12-22-23(14-27)25(29(24(22)13-21)15-18-5-6-18)19-7-9-20(10-8-19)28-26(30)32-16-17(2)3/h7-13,17-18H,4-6,15-16H2,1-3H3,(H,28,30). The molecule has 1 N–H and O–H groups in total. The lowest BCUT2D eigenvalue weighted by Crippen LogP contribution is -2.16. The third-order valence-electron chi connectivity index (χ3n) is 5.55. The Labute approximate surface area is 188 Å². The Morgan fingerprint density at radius 3 is 2.59 bits per heavy atom. The van der Waals surface area contributed by atoms with Gasteiger partial charge in [0.25, 0.3) is 0 Å². The fourth-order valence-electron chi connectivity index (χ4n) is 3.85. The van der Waals surface area contributed by atoms with Gasteiger partial charge in [-0.25, -0.2) is 4.79 Å². The van der Waals surface area contributed by atoms with Crippen molar-refractivity contribution in [2.75, 3.05) is 18.5 Å². The Bertz CT molecular complexity index is 1150. The molecule has 1 aliphatic rings. The number of hydrogen-bond acceptors (Lipinski definition) is 4. The fraction of sp³-hybridized carbons (Fsp3) is 0.385. The topological polar surface area (TPSA) is 76.3 Å². The summed E-state index contributed by atoms with van der Waals surface area (Å²) in [6, 6.07) is 15.9. The zero-order valence-electron chi connectivity index (χ0n) is 18.9. The average Bonchev–Trinajstić information content (AvgIpc) is 3.55. The monoisotopic (exact) mass is 431 g/mol. The van der Waals surface area contributed by atoms with E-state index in [1.54, 1.807) is 0 Å². The number of nitriles is 1. The van der Waals surface area contributed by atoms with Gasteiger partial charge in [0.05, 0.1) is 30.0 Å². The van der Waals surface area contributed by atoms with Crippen LogP contribution in [-0.2, 0) is 11.3 Å². The quantitative estimate of drug-likeness (QED) is 0.461. The highest BCUT2D eigenvalue weighted by Crippen LogP contribution is 2.39. The molecule has 2 aromatic carbocycles. The normalized spacial score (nSPS) is 13.2. The molecule has 0 radical (unpaired) electrons. The fourth-order valence-corrected chi connectivity index (χ4v) is 3.85. The van der Waals surface area contributed by atoms with Gasteiger partial charge in [0.2, 0.25) is 0 Å². The molecule has 1 amide bonds. The summed E-state index contributed by atoms with van der Waals surface area (Å²) in [5.74, 6) is 1.73. The summed E-state index contributed by atoms with van der Waals surface area (Å²) in [4.78, 5) is 12.0. The van der Waals surface area contributed by atoms with E-state index in [9.17, 15) is 10.1 Å². The van der Waals surface area contributed by atoms with Crippen LogP contribution in [-0.4, -0.2) is 23.9 Å². The van der Waals surface area contributed by atoms with Crippen molar-refractivity contribution in [1.82, 2.24) is 4.57 Å². The molecule has 0 saturated heterocycles. The number of anilines is 1. The number of hydrogen-bond donors (Lipinski definition) is 1. The van der Waals surface area contributed by atoms with Gasteiger partial charge in [-0.05, 0) is 61.4 Å². The summed E-state index contributed by atoms with van der Waals surface area (Å²) < 4.78 is 13.2. The molecule has 4 rings (SSSR count). The highest BCUT2D eigenvalue weighted by molar-refractivity contribution is 5.95. The first-order valence-electron chi connectivity index (χ1n) is 11.2. The number of aromatic nitrogens is 1. The van der Waals surface area contributed by atoms with Gasteiger partial charge in [-0.15, -0.1) is 0 Å². The molecule has 32 heavy (non-hydrogen) atoms. The molecule has 1 fully saturated rings. The Balaban J connectivity index is 1.69. The molecule has 1 heterocycles. The van der Waals surface area contributed by atoms with Crippen LogP contribution in [0.5, 0.6) is 5.75 Å². The summed E-state index contributed by atoms with van der Waals surface area (Å²) in [6.07, 6.45) is 1.97. The zero-order valence-corrected chi connectivity index (χ0v) is 18.9. The first-order valence-corrected chi connectivity index (χ1v) is 11.2. The third-order valence-corrected chi connectivity index (χ3v) is 5.55. The van der Waals surface area contributed by atoms with Crippen LogP contribution in [0.2, 0.25) is 0 Å². The number of amides is 1. The Hall–Kier alpha value is -3.46. The Morgan fingerprint density at radius 1 is 1.22 bits per heavy atom. The van der Waals surface area contributed by atoms with Crippen molar-refractivity contribution >= 4 is 22.7 Å². The predicted molar refractivity (Wildman–Crippen MR) is 126 cm³/mol. The van der Waals surface area contributed by atoms with Crippen LogP contribution in [0.3, 0.4) is 0 Å². The van der Waals surface area contributed by atoms with Crippen LogP contribution >= 0.6 is 0 Å². The van der Waals surface area contributed by atoms with E-state index in [1.165, 1.54) is 12.8 Å². The van der Waals surface area contributed by atoms with Gasteiger partial charge in [0, 0.05) is 23.7 Å². The molecule has 0 spiro atoms. The molecule has 6 nitrogen and oxygen atoms in total. The minimum Gasteiger partial charge on any atom is -0.494 e. The van der Waals surface area contributed by atoms with Crippen LogP contribution in [0.1, 0.15) is 39.2 Å². The second-order valence-electron chi connectivity index (χ2n) is 8.70. The van der Waals surface area contributed by atoms with Gasteiger partial charge >= 0.3 is 6.09 Å². The smallest absolute Gasteiger partial charge is 0.411 e. The molecule has 0 bridgehead atoms. The van der Waals surface area contributed by atoms with Crippen molar-refractivity contribution < 1.29 is 14.3 Å². The van der Waals surface area contributed by atoms with Gasteiger partial charge in [0.1, 0.15) is 11.8 Å². The number of carbonyl (C=O) groups excluding carboxylic acids is 1. The van der Waals surface area contributed by atoms with Crippen LogP contribution in [0.4, 0.5) is 10.5 Å². The van der Waals surface area contributed by atoms with Gasteiger partial charge in [-0.3, -0.25) is 5.32 Å². The highest BCUT2D eigenvalue weighted by atomic mass is 16.5. The van der Waals surface area contributed by atoms with E-state index in [2.05, 4.69) is 16.0 Å². The van der Waals surface area contributed by atoms with Crippen LogP contribution < -0.4 is 10.1 Å². The Morgan fingerprint density at radius 2 is 1.97 bits per heavy atom. The van der Waals surface area contributed by atoms with Gasteiger partial charge in [-0.1, -0.05) is 26.0 Å². The lowest BCUT2D eigenvalue weighted by molar-refractivity contribution is 0.147. The lowest BCUT2D eigenvalue weighted by atomic mass is 10.1. The number of fused-ring (bicyclic) bond motifs is 1. The molecule has 166 valence electrons. The molecule has 1 aromatic heterocycles. The molecular weight excluding hydrogens is 402 g/mol. The van der Waals surface area contributed by atoms with Crippen molar-refractivity contribution in [3.63, 3.8) is 0 Å². The summed E-state index contributed by atoms with van der Waals surface area (Å²) >= 11 is 0. The minimum atomic E-state index is -0.463. The maximum atomic E-state index is 12.0. The van der Waals surface area contributed by atoms with Crippen molar-refractivity contribution in [3.8, 4) is 23.1 Å². The van der Waals surface area contributed by atoms with Crippen molar-refractivity contribution in [2.45, 2.75) is 40.2 Å². The number of rotatable bonds is 8. The number of benzene rings is 2. The second kappa shape index (κ2) is 9.35. The summed E-state index contributed by atoms with van der Waals surface area (Å²) in [5.41, 5.74) is 4.20. The van der Waals surface area contributed by atoms with E-state index in [-0.39, 0.29) is 5.92 Å².